The number of hydrogen-bond acceptors (Lipinski definition) is 10. The predicted molar refractivity (Wildman–Crippen MR) is 182 cm³/mol. The average molecular weight is 660 g/mol. The van der Waals surface area contributed by atoms with Gasteiger partial charge >= 0.3 is 5.97 Å². The fourth-order valence-corrected chi connectivity index (χ4v) is 5.51. The number of allylic oxidation sites excluding steroid dienone is 1. The summed E-state index contributed by atoms with van der Waals surface area (Å²) in [7, 11) is -4.78. The Kier molecular flexibility index (Phi) is 8.62. The van der Waals surface area contributed by atoms with Crippen LogP contribution in [-0.4, -0.2) is 40.6 Å². The molecule has 1 aliphatic carbocycles. The van der Waals surface area contributed by atoms with Gasteiger partial charge in [0, 0.05) is 16.9 Å². The Labute approximate surface area is 274 Å². The Balaban J connectivity index is 1.18. The molecule has 0 amide bonds. The summed E-state index contributed by atoms with van der Waals surface area (Å²) in [4.78, 5) is 24.1. The molecule has 0 atom stereocenters. The highest BCUT2D eigenvalue weighted by molar-refractivity contribution is 7.91. The number of aromatic carboxylic acids is 1. The van der Waals surface area contributed by atoms with Crippen LogP contribution in [0.2, 0.25) is 0 Å². The summed E-state index contributed by atoms with van der Waals surface area (Å²) in [5.41, 5.74) is 6.88. The highest BCUT2D eigenvalue weighted by Crippen LogP contribution is 2.30. The normalized spacial score (nSPS) is 13.6. The van der Waals surface area contributed by atoms with Crippen molar-refractivity contribution in [2.75, 3.05) is 10.7 Å². The summed E-state index contributed by atoms with van der Waals surface area (Å²) in [5, 5.41) is 34.3. The molecule has 0 heterocycles. The third-order valence-corrected chi connectivity index (χ3v) is 8.11. The van der Waals surface area contributed by atoms with Crippen molar-refractivity contribution in [1.29, 1.82) is 0 Å². The van der Waals surface area contributed by atoms with Crippen LogP contribution < -0.4 is 10.7 Å². The molecule has 13 heteroatoms. The van der Waals surface area contributed by atoms with Crippen LogP contribution >= 0.6 is 0 Å². The number of carboxylic acids is 1. The van der Waals surface area contributed by atoms with E-state index < -0.39 is 32.5 Å². The second-order valence-electron chi connectivity index (χ2n) is 10.5. The van der Waals surface area contributed by atoms with Gasteiger partial charge in [-0.15, -0.1) is 0 Å². The van der Waals surface area contributed by atoms with Crippen LogP contribution in [-0.2, 0) is 10.1 Å². The zero-order valence-electron chi connectivity index (χ0n) is 24.8. The maximum absolute atomic E-state index is 13.5. The van der Waals surface area contributed by atoms with E-state index in [2.05, 4.69) is 26.1 Å². The van der Waals surface area contributed by atoms with Crippen molar-refractivity contribution in [2.24, 2.45) is 15.3 Å². The molecule has 0 unspecified atom stereocenters. The van der Waals surface area contributed by atoms with Crippen molar-refractivity contribution in [1.82, 2.24) is 0 Å². The molecule has 5 aromatic rings. The van der Waals surface area contributed by atoms with Gasteiger partial charge in [-0.3, -0.25) is 14.8 Å². The summed E-state index contributed by atoms with van der Waals surface area (Å²) in [6.07, 6.45) is 1.21. The fraction of sp³-hybridized carbons (Fsp3) is 0. The van der Waals surface area contributed by atoms with Gasteiger partial charge in [-0.1, -0.05) is 48.5 Å². The number of nitrogens with zero attached hydrogens (tertiary/aromatic N) is 3. The van der Waals surface area contributed by atoms with Crippen molar-refractivity contribution in [3.05, 3.63) is 137 Å². The van der Waals surface area contributed by atoms with Crippen molar-refractivity contribution in [3.8, 4) is 16.9 Å². The van der Waals surface area contributed by atoms with Gasteiger partial charge in [0.05, 0.1) is 17.1 Å². The third kappa shape index (κ3) is 7.02. The largest absolute Gasteiger partial charge is 0.507 e. The molecule has 0 aromatic heterocycles. The highest BCUT2D eigenvalue weighted by atomic mass is 32.2. The molecule has 48 heavy (non-hydrogen) atoms. The Morgan fingerprint density at radius 1 is 0.708 bits per heavy atom. The number of hydrazone groups is 1. The SMILES string of the molecule is O=C(O)c1cc(N=Nc2ccc(-c3ccc(NN=C4C(=O)c5cc(Nc6ccccc6)ccc5C=C4S(=O)(=O)O)cc3)cc2)ccc1O. The maximum atomic E-state index is 13.5. The molecular formula is C35H25N5O7S. The smallest absolute Gasteiger partial charge is 0.339 e. The molecule has 0 spiro atoms. The predicted octanol–water partition coefficient (Wildman–Crippen LogP) is 7.81. The topological polar surface area (TPSA) is 190 Å². The number of fused-ring (bicyclic) bond motifs is 1. The molecule has 0 radical (unpaired) electrons. The Morgan fingerprint density at radius 3 is 2.00 bits per heavy atom. The summed E-state index contributed by atoms with van der Waals surface area (Å²) in [6, 6.07) is 32.2. The number of anilines is 3. The number of nitrogens with one attached hydrogen (secondary N) is 2. The van der Waals surface area contributed by atoms with E-state index in [1.54, 1.807) is 54.6 Å². The molecular weight excluding hydrogens is 634 g/mol. The second-order valence-corrected chi connectivity index (χ2v) is 11.9. The number of para-hydroxylation sites is 1. The summed E-state index contributed by atoms with van der Waals surface area (Å²) >= 11 is 0. The Bertz CT molecular complexity index is 2250. The number of hydrogen-bond donors (Lipinski definition) is 5. The molecule has 6 rings (SSSR count). The lowest BCUT2D eigenvalue weighted by molar-refractivity contribution is 0.0693. The van der Waals surface area contributed by atoms with Gasteiger partial charge in [-0.25, -0.2) is 4.79 Å². The number of azo groups is 1. The molecule has 0 saturated heterocycles. The Morgan fingerprint density at radius 2 is 1.33 bits per heavy atom. The van der Waals surface area contributed by atoms with E-state index >= 15 is 0 Å². The summed E-state index contributed by atoms with van der Waals surface area (Å²) in [5.74, 6) is -2.31. The number of rotatable bonds is 9. The van der Waals surface area contributed by atoms with Crippen molar-refractivity contribution in [3.63, 3.8) is 0 Å². The number of ketones is 1. The minimum absolute atomic E-state index is 0.218. The molecule has 0 bridgehead atoms. The monoisotopic (exact) mass is 659 g/mol. The van der Waals surface area contributed by atoms with Crippen LogP contribution in [0, 0.1) is 0 Å². The van der Waals surface area contributed by atoms with E-state index in [9.17, 15) is 27.7 Å². The first-order valence-corrected chi connectivity index (χ1v) is 15.7. The zero-order chi connectivity index (χ0) is 33.8. The van der Waals surface area contributed by atoms with Crippen LogP contribution in [0.3, 0.4) is 0 Å². The fourth-order valence-electron chi connectivity index (χ4n) is 4.85. The number of carbonyl (C=O) groups is 2. The van der Waals surface area contributed by atoms with Crippen LogP contribution in [0.15, 0.2) is 135 Å². The molecule has 0 aliphatic heterocycles. The van der Waals surface area contributed by atoms with E-state index in [4.69, 9.17) is 5.11 Å². The third-order valence-electron chi connectivity index (χ3n) is 7.25. The lowest BCUT2D eigenvalue weighted by Gasteiger charge is -2.17. The minimum atomic E-state index is -4.78. The van der Waals surface area contributed by atoms with Gasteiger partial charge in [0.1, 0.15) is 16.2 Å². The van der Waals surface area contributed by atoms with E-state index in [1.165, 1.54) is 24.3 Å². The van der Waals surface area contributed by atoms with Crippen molar-refractivity contribution in [2.45, 2.75) is 0 Å². The standard InChI is InChI=1S/C35H25N5O7S/c41-31-17-16-28(20-30(31)35(43)44)39-37-25-11-6-21(7-12-25)22-8-13-26(14-9-22)38-40-33-32(48(45,46)47)18-23-10-15-27(19-29(23)34(33)42)36-24-4-2-1-3-5-24/h1-20,36,38,41H,(H,43,44)(H,45,46,47). The molecule has 5 N–H and O–H groups in total. The quantitative estimate of drug-likeness (QED) is 0.0597. The van der Waals surface area contributed by atoms with Gasteiger partial charge in [-0.05, 0) is 89.5 Å². The molecule has 5 aromatic carbocycles. The zero-order valence-corrected chi connectivity index (χ0v) is 25.6. The second kappa shape index (κ2) is 13.1. The molecule has 12 nitrogen and oxygen atoms in total. The molecule has 0 fully saturated rings. The first kappa shape index (κ1) is 31.5. The number of phenols is 1. The van der Waals surface area contributed by atoms with E-state index in [0.717, 1.165) is 16.8 Å². The van der Waals surface area contributed by atoms with Crippen LogP contribution in [0.1, 0.15) is 26.3 Å². The van der Waals surface area contributed by atoms with E-state index in [0.29, 0.717) is 22.6 Å². The van der Waals surface area contributed by atoms with Gasteiger partial charge in [0.25, 0.3) is 10.1 Å². The van der Waals surface area contributed by atoms with Gasteiger partial charge < -0.3 is 15.5 Å². The number of aromatic hydroxyl groups is 1. The number of Topliss-reactive ketones (excluding diaryl/α,β-unsaturated/α-hetero) is 1. The van der Waals surface area contributed by atoms with E-state index in [-0.39, 0.29) is 22.6 Å². The van der Waals surface area contributed by atoms with Gasteiger partial charge in [0.15, 0.2) is 5.71 Å². The van der Waals surface area contributed by atoms with Crippen LogP contribution in [0.25, 0.3) is 17.2 Å². The molecule has 0 saturated carbocycles. The minimum Gasteiger partial charge on any atom is -0.507 e. The first-order valence-electron chi connectivity index (χ1n) is 14.3. The van der Waals surface area contributed by atoms with Gasteiger partial charge in [0.2, 0.25) is 5.78 Å². The van der Waals surface area contributed by atoms with Crippen molar-refractivity contribution >= 4 is 62.1 Å². The van der Waals surface area contributed by atoms with Gasteiger partial charge in [-0.2, -0.15) is 23.7 Å². The Hall–Kier alpha value is -6.44. The van der Waals surface area contributed by atoms with Crippen LogP contribution in [0.4, 0.5) is 28.4 Å². The molecule has 1 aliphatic rings. The summed E-state index contributed by atoms with van der Waals surface area (Å²) < 4.78 is 34.4. The summed E-state index contributed by atoms with van der Waals surface area (Å²) in [6.45, 7) is 0. The number of benzene rings is 5. The van der Waals surface area contributed by atoms with Crippen molar-refractivity contribution < 1.29 is 32.8 Å². The lowest BCUT2D eigenvalue weighted by Crippen LogP contribution is -2.27. The molecule has 238 valence electrons. The van der Waals surface area contributed by atoms with Crippen LogP contribution in [0.5, 0.6) is 5.75 Å². The maximum Gasteiger partial charge on any atom is 0.339 e. The average Bonchev–Trinajstić information content (AvgIpc) is 3.08. The lowest BCUT2D eigenvalue weighted by atomic mass is 9.94. The van der Waals surface area contributed by atoms with E-state index in [1.807, 2.05) is 42.5 Å². The highest BCUT2D eigenvalue weighted by Gasteiger charge is 2.33. The number of carboxylic acid groups (broad SMARTS) is 1. The number of carbonyl (C=O) groups excluding carboxylic acids is 1. The first-order chi connectivity index (χ1) is 23.0.